The monoisotopic (exact) mass is 508 g/mol. The molecule has 4 heteroatoms. The Labute approximate surface area is 216 Å². The van der Waals surface area contributed by atoms with E-state index in [2.05, 4.69) is 95.1 Å². The van der Waals surface area contributed by atoms with E-state index in [-0.39, 0.29) is 15.7 Å². The molecule has 0 radical (unpaired) electrons. The highest BCUT2D eigenvalue weighted by molar-refractivity contribution is 6.74. The number of hydrogen-bond acceptors (Lipinski definition) is 2. The van der Waals surface area contributed by atoms with Gasteiger partial charge in [0.15, 0.2) is 16.6 Å². The van der Waals surface area contributed by atoms with Gasteiger partial charge in [-0.05, 0) is 112 Å². The van der Waals surface area contributed by atoms with Gasteiger partial charge in [0.1, 0.15) is 0 Å². The molecule has 0 N–H and O–H groups in total. The molecule has 0 aromatic rings. The molecule has 0 aliphatic heterocycles. The van der Waals surface area contributed by atoms with E-state index >= 15 is 0 Å². The highest BCUT2D eigenvalue weighted by atomic mass is 28.4. The molecule has 2 aliphatic carbocycles. The predicted molar refractivity (Wildman–Crippen MR) is 156 cm³/mol. The van der Waals surface area contributed by atoms with Crippen molar-refractivity contribution in [3.63, 3.8) is 0 Å². The highest BCUT2D eigenvalue weighted by Crippen LogP contribution is 2.59. The van der Waals surface area contributed by atoms with Crippen molar-refractivity contribution in [2.45, 2.75) is 162 Å². The maximum absolute atomic E-state index is 7.05. The van der Waals surface area contributed by atoms with Crippen molar-refractivity contribution >= 4 is 16.6 Å². The normalized spacial score (nSPS) is 29.3. The molecule has 0 spiro atoms. The maximum Gasteiger partial charge on any atom is 0.192 e. The lowest BCUT2D eigenvalue weighted by atomic mass is 9.62. The summed E-state index contributed by atoms with van der Waals surface area (Å²) in [6.45, 7) is 35.6. The van der Waals surface area contributed by atoms with Crippen LogP contribution >= 0.6 is 0 Å². The molecule has 2 saturated carbocycles. The van der Waals surface area contributed by atoms with Crippen molar-refractivity contribution in [2.75, 3.05) is 0 Å². The third-order valence-electron chi connectivity index (χ3n) is 10.4. The first kappa shape index (κ1) is 30.3. The Hall–Kier alpha value is 0.0938. The van der Waals surface area contributed by atoms with Crippen LogP contribution in [0.2, 0.25) is 36.3 Å². The molecule has 0 amide bonds. The van der Waals surface area contributed by atoms with E-state index in [1.54, 1.807) is 0 Å². The smallest absolute Gasteiger partial charge is 0.192 e. The molecular weight excluding hydrogens is 449 g/mol. The first-order valence-corrected chi connectivity index (χ1v) is 20.0. The molecule has 2 aliphatic rings. The molecule has 0 heterocycles. The number of rotatable bonds is 9. The Bertz CT molecular complexity index is 710. The summed E-state index contributed by atoms with van der Waals surface area (Å²) in [5, 5.41) is 0.535. The van der Waals surface area contributed by atoms with Gasteiger partial charge in [0.2, 0.25) is 0 Å². The number of allylic oxidation sites excluding steroid dienone is 1. The minimum absolute atomic E-state index is 0.0572. The second-order valence-corrected chi connectivity index (χ2v) is 25.2. The lowest BCUT2D eigenvalue weighted by Crippen LogP contribution is -2.50. The van der Waals surface area contributed by atoms with Crippen LogP contribution in [0, 0.1) is 17.3 Å². The largest absolute Gasteiger partial charge is 0.414 e. The number of fused-ring (bicyclic) bond motifs is 1. The minimum Gasteiger partial charge on any atom is -0.414 e. The van der Waals surface area contributed by atoms with Gasteiger partial charge in [-0.25, -0.2) is 0 Å². The Balaban J connectivity index is 1.99. The van der Waals surface area contributed by atoms with Crippen molar-refractivity contribution < 1.29 is 8.85 Å². The molecule has 1 unspecified atom stereocenters. The maximum atomic E-state index is 7.05. The van der Waals surface area contributed by atoms with Crippen LogP contribution in [0.25, 0.3) is 0 Å². The molecule has 0 bridgehead atoms. The van der Waals surface area contributed by atoms with Crippen molar-refractivity contribution in [1.82, 2.24) is 0 Å². The lowest BCUT2D eigenvalue weighted by molar-refractivity contribution is -0.00396. The van der Waals surface area contributed by atoms with Gasteiger partial charge in [0.05, 0.1) is 5.60 Å². The zero-order valence-corrected chi connectivity index (χ0v) is 27.4. The van der Waals surface area contributed by atoms with Crippen LogP contribution in [0.15, 0.2) is 12.2 Å². The second kappa shape index (κ2) is 10.1. The summed E-state index contributed by atoms with van der Waals surface area (Å²) < 4.78 is 13.8. The summed E-state index contributed by atoms with van der Waals surface area (Å²) in [5.74, 6) is 1.36. The Morgan fingerprint density at radius 2 is 1.44 bits per heavy atom. The molecule has 34 heavy (non-hydrogen) atoms. The van der Waals surface area contributed by atoms with Gasteiger partial charge >= 0.3 is 0 Å². The second-order valence-electron chi connectivity index (χ2n) is 15.7. The van der Waals surface area contributed by atoms with Crippen LogP contribution in [0.3, 0.4) is 0 Å². The van der Waals surface area contributed by atoms with Crippen LogP contribution in [-0.4, -0.2) is 28.3 Å². The van der Waals surface area contributed by atoms with E-state index in [1.165, 1.54) is 44.1 Å². The number of hydrogen-bond donors (Lipinski definition) is 0. The fourth-order valence-corrected chi connectivity index (χ4v) is 9.48. The van der Waals surface area contributed by atoms with Crippen molar-refractivity contribution in [1.29, 1.82) is 0 Å². The molecule has 2 rings (SSSR count). The first-order chi connectivity index (χ1) is 15.1. The van der Waals surface area contributed by atoms with Gasteiger partial charge in [-0.3, -0.25) is 0 Å². The zero-order chi connectivity index (χ0) is 26.4. The third kappa shape index (κ3) is 6.69. The average Bonchev–Trinajstić information content (AvgIpc) is 2.96. The fourth-order valence-electron chi connectivity index (χ4n) is 6.30. The predicted octanol–water partition coefficient (Wildman–Crippen LogP) is 10.1. The summed E-state index contributed by atoms with van der Waals surface area (Å²) in [6, 6.07) is 0. The van der Waals surface area contributed by atoms with E-state index in [9.17, 15) is 0 Å². The molecule has 0 aromatic heterocycles. The summed E-state index contributed by atoms with van der Waals surface area (Å²) in [6.07, 6.45) is 10.4. The van der Waals surface area contributed by atoms with Crippen LogP contribution in [0.4, 0.5) is 0 Å². The van der Waals surface area contributed by atoms with Crippen LogP contribution in [0.1, 0.15) is 114 Å². The first-order valence-electron chi connectivity index (χ1n) is 14.2. The van der Waals surface area contributed by atoms with Gasteiger partial charge in [0.25, 0.3) is 0 Å². The van der Waals surface area contributed by atoms with E-state index in [0.717, 1.165) is 12.8 Å². The quantitative estimate of drug-likeness (QED) is 0.228. The highest BCUT2D eigenvalue weighted by Gasteiger charge is 2.54. The zero-order valence-electron chi connectivity index (χ0n) is 25.4. The van der Waals surface area contributed by atoms with Crippen LogP contribution in [-0.2, 0) is 8.85 Å². The van der Waals surface area contributed by atoms with Crippen molar-refractivity contribution in [3.8, 4) is 0 Å². The summed E-state index contributed by atoms with van der Waals surface area (Å²) in [7, 11) is -3.50. The summed E-state index contributed by atoms with van der Waals surface area (Å²) >= 11 is 0. The SMILES string of the molecule is C=C(CCCC(C)(C)O[Si](C)(C)C(C)(C)C)[C@H]1CC[C@H]2C(O[Si](C)(C)C(C)(C)C)CCC[C@]12C. The minimum atomic E-state index is -1.75. The summed E-state index contributed by atoms with van der Waals surface area (Å²) in [5.41, 5.74) is 1.81. The van der Waals surface area contributed by atoms with Gasteiger partial charge < -0.3 is 8.85 Å². The van der Waals surface area contributed by atoms with E-state index < -0.39 is 16.6 Å². The van der Waals surface area contributed by atoms with Gasteiger partial charge in [-0.15, -0.1) is 0 Å². The molecule has 0 aromatic carbocycles. The van der Waals surface area contributed by atoms with Crippen LogP contribution in [0.5, 0.6) is 0 Å². The lowest BCUT2D eigenvalue weighted by Gasteiger charge is -2.49. The molecule has 2 nitrogen and oxygen atoms in total. The third-order valence-corrected chi connectivity index (χ3v) is 19.6. The van der Waals surface area contributed by atoms with Gasteiger partial charge in [-0.1, -0.05) is 67.0 Å². The average molecular weight is 509 g/mol. The molecule has 2 fully saturated rings. The molecule has 200 valence electrons. The molecule has 4 atom stereocenters. The fraction of sp³-hybridized carbons (Fsp3) is 0.933. The van der Waals surface area contributed by atoms with Crippen LogP contribution < -0.4 is 0 Å². The summed E-state index contributed by atoms with van der Waals surface area (Å²) in [4.78, 5) is 0. The Morgan fingerprint density at radius 3 is 1.97 bits per heavy atom. The molecular formula is C30H60O2Si2. The Kier molecular flexibility index (Phi) is 9.01. The van der Waals surface area contributed by atoms with Crippen molar-refractivity contribution in [3.05, 3.63) is 12.2 Å². The molecule has 0 saturated heterocycles. The Morgan fingerprint density at radius 1 is 0.882 bits per heavy atom. The van der Waals surface area contributed by atoms with E-state index in [4.69, 9.17) is 8.85 Å². The van der Waals surface area contributed by atoms with Crippen molar-refractivity contribution in [2.24, 2.45) is 17.3 Å². The van der Waals surface area contributed by atoms with Gasteiger partial charge in [0, 0.05) is 6.10 Å². The standard InChI is InChI=1S/C30H60O2Si2/c1-23(17-15-21-29(8,9)32-34(13,14)28(5,6)7)24-19-20-25-26(18-16-22-30(24,25)10)31-33(11,12)27(2,3)4/h24-26H,1,15-22H2,2-14H3/t24-,25+,26?,30-/m1/s1. The van der Waals surface area contributed by atoms with E-state index in [1.807, 2.05) is 0 Å². The topological polar surface area (TPSA) is 18.5 Å². The van der Waals surface area contributed by atoms with E-state index in [0.29, 0.717) is 23.4 Å². The van der Waals surface area contributed by atoms with Gasteiger partial charge in [-0.2, -0.15) is 0 Å².